The van der Waals surface area contributed by atoms with Crippen LogP contribution in [-0.2, 0) is 9.53 Å². The Kier molecular flexibility index (Phi) is 6.57. The standard InChI is InChI=1S/C17H24N2O5/c1-11(2)10-14(15(20)18-13-8-9-23-16(13)21)19-17(22)24-12-6-4-3-5-7-12/h3-7,11,13-14,16,21H,8-10H2,1-2H3,(H,18,20)(H,19,22)/t13-,14-,16?/m0/s1. The van der Waals surface area contributed by atoms with Crippen molar-refractivity contribution in [2.75, 3.05) is 6.61 Å². The highest BCUT2D eigenvalue weighted by Gasteiger charge is 2.31. The SMILES string of the molecule is CC(C)C[C@H](NC(=O)Oc1ccccc1)C(=O)N[C@H]1CCOC1O. The molecule has 1 fully saturated rings. The smallest absolute Gasteiger partial charge is 0.410 e. The minimum Gasteiger partial charge on any atom is -0.410 e. The molecule has 0 saturated carbocycles. The van der Waals surface area contributed by atoms with E-state index in [1.165, 1.54) is 0 Å². The summed E-state index contributed by atoms with van der Waals surface area (Å²) in [5.41, 5.74) is 0. The van der Waals surface area contributed by atoms with E-state index in [0.29, 0.717) is 25.2 Å². The number of benzene rings is 1. The zero-order valence-electron chi connectivity index (χ0n) is 13.9. The highest BCUT2D eigenvalue weighted by molar-refractivity contribution is 5.86. The van der Waals surface area contributed by atoms with E-state index in [-0.39, 0.29) is 11.8 Å². The van der Waals surface area contributed by atoms with E-state index >= 15 is 0 Å². The summed E-state index contributed by atoms with van der Waals surface area (Å²) in [6, 6.07) is 7.43. The summed E-state index contributed by atoms with van der Waals surface area (Å²) in [6.45, 7) is 4.31. The van der Waals surface area contributed by atoms with Gasteiger partial charge in [-0.2, -0.15) is 0 Å². The predicted molar refractivity (Wildman–Crippen MR) is 87.4 cm³/mol. The number of aliphatic hydroxyl groups is 1. The van der Waals surface area contributed by atoms with Crippen LogP contribution in [0, 0.1) is 5.92 Å². The first-order chi connectivity index (χ1) is 11.5. The molecular weight excluding hydrogens is 312 g/mol. The van der Waals surface area contributed by atoms with Gasteiger partial charge in [0.15, 0.2) is 6.29 Å². The second-order valence-electron chi connectivity index (χ2n) is 6.19. The van der Waals surface area contributed by atoms with Crippen molar-refractivity contribution in [3.8, 4) is 5.75 Å². The van der Waals surface area contributed by atoms with Gasteiger partial charge in [-0.1, -0.05) is 32.0 Å². The lowest BCUT2D eigenvalue weighted by Gasteiger charge is -2.23. The van der Waals surface area contributed by atoms with E-state index in [1.807, 2.05) is 19.9 Å². The molecule has 1 aliphatic rings. The van der Waals surface area contributed by atoms with Crippen molar-refractivity contribution in [2.24, 2.45) is 5.92 Å². The van der Waals surface area contributed by atoms with E-state index < -0.39 is 24.5 Å². The molecule has 3 N–H and O–H groups in total. The number of nitrogens with one attached hydrogen (secondary N) is 2. The molecule has 0 aliphatic carbocycles. The molecule has 0 aromatic heterocycles. The minimum atomic E-state index is -1.01. The van der Waals surface area contributed by atoms with E-state index in [0.717, 1.165) is 0 Å². The van der Waals surface area contributed by atoms with Gasteiger partial charge in [0.2, 0.25) is 5.91 Å². The second kappa shape index (κ2) is 8.65. The van der Waals surface area contributed by atoms with Crippen molar-refractivity contribution < 1.29 is 24.2 Å². The maximum atomic E-state index is 12.4. The summed E-state index contributed by atoms with van der Waals surface area (Å²) in [5, 5.41) is 14.9. The van der Waals surface area contributed by atoms with Gasteiger partial charge in [0.1, 0.15) is 11.8 Å². The Morgan fingerprint density at radius 3 is 2.62 bits per heavy atom. The monoisotopic (exact) mass is 336 g/mol. The molecule has 7 nitrogen and oxygen atoms in total. The van der Waals surface area contributed by atoms with E-state index in [2.05, 4.69) is 10.6 Å². The van der Waals surface area contributed by atoms with Crippen molar-refractivity contribution in [1.82, 2.24) is 10.6 Å². The van der Waals surface area contributed by atoms with Crippen molar-refractivity contribution in [1.29, 1.82) is 0 Å². The van der Waals surface area contributed by atoms with Crippen LogP contribution in [0.3, 0.4) is 0 Å². The quantitative estimate of drug-likeness (QED) is 0.730. The first kappa shape index (κ1) is 18.2. The van der Waals surface area contributed by atoms with Crippen molar-refractivity contribution in [2.45, 2.75) is 45.1 Å². The third-order valence-corrected chi connectivity index (χ3v) is 3.66. The molecule has 2 rings (SSSR count). The van der Waals surface area contributed by atoms with E-state index in [4.69, 9.17) is 9.47 Å². The number of para-hydroxylation sites is 1. The summed E-state index contributed by atoms with van der Waals surface area (Å²) in [5.74, 6) is 0.240. The van der Waals surface area contributed by atoms with Gasteiger partial charge in [0.25, 0.3) is 0 Å². The predicted octanol–water partition coefficient (Wildman–Crippen LogP) is 1.41. The minimum absolute atomic E-state index is 0.197. The molecule has 132 valence electrons. The zero-order chi connectivity index (χ0) is 17.5. The lowest BCUT2D eigenvalue weighted by atomic mass is 10.0. The van der Waals surface area contributed by atoms with Crippen LogP contribution in [0.15, 0.2) is 30.3 Å². The molecule has 1 aromatic rings. The van der Waals surface area contributed by atoms with Crippen LogP contribution in [0.1, 0.15) is 26.7 Å². The fourth-order valence-electron chi connectivity index (χ4n) is 2.47. The van der Waals surface area contributed by atoms with Gasteiger partial charge in [-0.25, -0.2) is 4.79 Å². The number of ether oxygens (including phenoxy) is 2. The normalized spacial score (nSPS) is 21.3. The number of hydrogen-bond acceptors (Lipinski definition) is 5. The van der Waals surface area contributed by atoms with Gasteiger partial charge in [-0.15, -0.1) is 0 Å². The Morgan fingerprint density at radius 2 is 2.04 bits per heavy atom. The van der Waals surface area contributed by atoms with Crippen molar-refractivity contribution in [3.05, 3.63) is 30.3 Å². The molecule has 1 unspecified atom stereocenters. The van der Waals surface area contributed by atoms with Gasteiger partial charge in [0, 0.05) is 0 Å². The van der Waals surface area contributed by atoms with Crippen LogP contribution in [0.4, 0.5) is 4.79 Å². The molecule has 1 aromatic carbocycles. The van der Waals surface area contributed by atoms with Crippen LogP contribution >= 0.6 is 0 Å². The van der Waals surface area contributed by atoms with Gasteiger partial charge >= 0.3 is 6.09 Å². The van der Waals surface area contributed by atoms with Crippen molar-refractivity contribution in [3.63, 3.8) is 0 Å². The first-order valence-electron chi connectivity index (χ1n) is 8.09. The number of rotatable bonds is 6. The Morgan fingerprint density at radius 1 is 1.33 bits per heavy atom. The Balaban J connectivity index is 1.93. The van der Waals surface area contributed by atoms with Gasteiger partial charge < -0.3 is 25.2 Å². The van der Waals surface area contributed by atoms with Crippen LogP contribution in [0.2, 0.25) is 0 Å². The highest BCUT2D eigenvalue weighted by Crippen LogP contribution is 2.13. The van der Waals surface area contributed by atoms with Crippen LogP contribution in [0.25, 0.3) is 0 Å². The van der Waals surface area contributed by atoms with Crippen LogP contribution < -0.4 is 15.4 Å². The Labute approximate surface area is 141 Å². The van der Waals surface area contributed by atoms with Crippen LogP contribution in [0.5, 0.6) is 5.75 Å². The Hall–Kier alpha value is -2.12. The lowest BCUT2D eigenvalue weighted by Crippen LogP contribution is -2.52. The lowest BCUT2D eigenvalue weighted by molar-refractivity contribution is -0.127. The molecular formula is C17H24N2O5. The fourth-order valence-corrected chi connectivity index (χ4v) is 2.47. The second-order valence-corrected chi connectivity index (χ2v) is 6.19. The molecule has 7 heteroatoms. The number of amides is 2. The Bertz CT molecular complexity index is 549. The average Bonchev–Trinajstić information content (AvgIpc) is 2.92. The first-order valence-corrected chi connectivity index (χ1v) is 8.09. The summed E-state index contributed by atoms with van der Waals surface area (Å²) < 4.78 is 10.2. The van der Waals surface area contributed by atoms with Crippen molar-refractivity contribution >= 4 is 12.0 Å². The van der Waals surface area contributed by atoms with Gasteiger partial charge in [-0.3, -0.25) is 4.79 Å². The summed E-state index contributed by atoms with van der Waals surface area (Å²) in [6.07, 6.45) is -0.704. The number of carbonyl (C=O) groups is 2. The molecule has 2 amide bonds. The summed E-state index contributed by atoms with van der Waals surface area (Å²) in [4.78, 5) is 24.4. The molecule has 1 saturated heterocycles. The van der Waals surface area contributed by atoms with Gasteiger partial charge in [-0.05, 0) is 30.9 Å². The maximum absolute atomic E-state index is 12.4. The maximum Gasteiger partial charge on any atom is 0.413 e. The van der Waals surface area contributed by atoms with Crippen LogP contribution in [-0.4, -0.2) is 42.1 Å². The molecule has 3 atom stereocenters. The summed E-state index contributed by atoms with van der Waals surface area (Å²) >= 11 is 0. The number of carbonyl (C=O) groups excluding carboxylic acids is 2. The third kappa shape index (κ3) is 5.50. The highest BCUT2D eigenvalue weighted by atomic mass is 16.6. The molecule has 24 heavy (non-hydrogen) atoms. The molecule has 1 heterocycles. The topological polar surface area (TPSA) is 96.9 Å². The molecule has 0 spiro atoms. The van der Waals surface area contributed by atoms with Gasteiger partial charge in [0.05, 0.1) is 12.6 Å². The largest absolute Gasteiger partial charge is 0.413 e. The van der Waals surface area contributed by atoms with E-state index in [9.17, 15) is 14.7 Å². The molecule has 0 bridgehead atoms. The molecule has 0 radical (unpaired) electrons. The number of aliphatic hydroxyl groups excluding tert-OH is 1. The third-order valence-electron chi connectivity index (χ3n) is 3.66. The number of hydrogen-bond donors (Lipinski definition) is 3. The fraction of sp³-hybridized carbons (Fsp3) is 0.529. The summed E-state index contributed by atoms with van der Waals surface area (Å²) in [7, 11) is 0. The average molecular weight is 336 g/mol. The molecule has 1 aliphatic heterocycles. The van der Waals surface area contributed by atoms with E-state index in [1.54, 1.807) is 24.3 Å². The zero-order valence-corrected chi connectivity index (χ0v) is 13.9.